The van der Waals surface area contributed by atoms with E-state index in [1.807, 2.05) is 31.2 Å². The van der Waals surface area contributed by atoms with Crippen molar-refractivity contribution in [2.24, 2.45) is 0 Å². The minimum atomic E-state index is -0.784. The largest absolute Gasteiger partial charge is 0.494 e. The number of anilines is 1. The van der Waals surface area contributed by atoms with Gasteiger partial charge >= 0.3 is 0 Å². The molecule has 1 saturated heterocycles. The number of rotatable bonds is 12. The summed E-state index contributed by atoms with van der Waals surface area (Å²) in [7, 11) is 0. The lowest BCUT2D eigenvalue weighted by Crippen LogP contribution is -2.43. The summed E-state index contributed by atoms with van der Waals surface area (Å²) in [5.41, 5.74) is -0.0119. The first-order valence-corrected chi connectivity index (χ1v) is 11.5. The summed E-state index contributed by atoms with van der Waals surface area (Å²) >= 11 is 0. The number of carbonyl (C=O) groups excluding carboxylic acids is 1. The highest BCUT2D eigenvalue weighted by molar-refractivity contribution is 5.97. The van der Waals surface area contributed by atoms with Crippen molar-refractivity contribution in [2.45, 2.75) is 77.7 Å². The van der Waals surface area contributed by atoms with Crippen LogP contribution in [0.2, 0.25) is 0 Å². The Balaban J connectivity index is 1.76. The minimum absolute atomic E-state index is 0.0843. The Labute approximate surface area is 177 Å². The molecule has 1 atom stereocenters. The van der Waals surface area contributed by atoms with Crippen LogP contribution in [0.4, 0.5) is 5.69 Å². The van der Waals surface area contributed by atoms with Crippen LogP contribution in [-0.4, -0.2) is 49.3 Å². The van der Waals surface area contributed by atoms with Gasteiger partial charge in [0.2, 0.25) is 0 Å². The summed E-state index contributed by atoms with van der Waals surface area (Å²) in [6.07, 6.45) is 8.95. The molecule has 1 aromatic rings. The van der Waals surface area contributed by atoms with Crippen molar-refractivity contribution in [1.82, 2.24) is 4.90 Å². The van der Waals surface area contributed by atoms with Crippen LogP contribution in [0.15, 0.2) is 24.3 Å². The number of benzene rings is 1. The molecule has 1 amide bonds. The van der Waals surface area contributed by atoms with Crippen molar-refractivity contribution in [2.75, 3.05) is 38.2 Å². The van der Waals surface area contributed by atoms with E-state index in [0.29, 0.717) is 13.0 Å². The van der Waals surface area contributed by atoms with Crippen molar-refractivity contribution in [1.29, 1.82) is 0 Å². The average Bonchev–Trinajstić information content (AvgIpc) is 3.00. The van der Waals surface area contributed by atoms with Crippen molar-refractivity contribution >= 4 is 11.6 Å². The topological polar surface area (TPSA) is 50.8 Å². The maximum absolute atomic E-state index is 12.7. The van der Waals surface area contributed by atoms with Crippen molar-refractivity contribution < 1.29 is 14.3 Å². The molecule has 1 aliphatic rings. The van der Waals surface area contributed by atoms with Crippen LogP contribution in [0.5, 0.6) is 5.75 Å². The fourth-order valence-electron chi connectivity index (χ4n) is 3.79. The monoisotopic (exact) mass is 404 g/mol. The molecule has 0 aliphatic carbocycles. The van der Waals surface area contributed by atoms with Gasteiger partial charge in [0.15, 0.2) is 0 Å². The molecule has 5 nitrogen and oxygen atoms in total. The Hall–Kier alpha value is -1.59. The SMILES string of the molecule is CCCO[C@@](C)(CCC)C(=O)Nc1ccc(OCCCN2CCCCCC2)cc1. The van der Waals surface area contributed by atoms with Crippen molar-refractivity contribution in [3.8, 4) is 5.75 Å². The van der Waals surface area contributed by atoms with Crippen LogP contribution in [0.25, 0.3) is 0 Å². The van der Waals surface area contributed by atoms with Crippen LogP contribution in [0.1, 0.15) is 72.1 Å². The third kappa shape index (κ3) is 8.35. The van der Waals surface area contributed by atoms with E-state index in [4.69, 9.17) is 9.47 Å². The maximum atomic E-state index is 12.7. The lowest BCUT2D eigenvalue weighted by Gasteiger charge is -2.28. The van der Waals surface area contributed by atoms with E-state index in [-0.39, 0.29) is 5.91 Å². The molecule has 0 bridgehead atoms. The highest BCUT2D eigenvalue weighted by Crippen LogP contribution is 2.22. The molecule has 0 unspecified atom stereocenters. The number of nitrogens with zero attached hydrogens (tertiary/aromatic N) is 1. The molecule has 164 valence electrons. The zero-order valence-corrected chi connectivity index (χ0v) is 18.7. The molecule has 29 heavy (non-hydrogen) atoms. The standard InChI is InChI=1S/C24H40N2O3/c1-4-15-24(3,29-19-5-2)23(27)25-21-11-13-22(14-12-21)28-20-10-18-26-16-8-6-7-9-17-26/h11-14H,4-10,15-20H2,1-3H3,(H,25,27)/t24-/m0/s1. The Morgan fingerprint density at radius 2 is 1.72 bits per heavy atom. The smallest absolute Gasteiger partial charge is 0.256 e. The van der Waals surface area contributed by atoms with Gasteiger partial charge in [-0.1, -0.05) is 33.1 Å². The molecule has 2 rings (SSSR count). The third-order valence-corrected chi connectivity index (χ3v) is 5.53. The van der Waals surface area contributed by atoms with Gasteiger partial charge in [0, 0.05) is 18.8 Å². The predicted molar refractivity (Wildman–Crippen MR) is 120 cm³/mol. The van der Waals surface area contributed by atoms with Gasteiger partial charge in [-0.3, -0.25) is 4.79 Å². The molecular weight excluding hydrogens is 364 g/mol. The molecule has 0 spiro atoms. The van der Waals surface area contributed by atoms with Gasteiger partial charge in [-0.15, -0.1) is 0 Å². The minimum Gasteiger partial charge on any atom is -0.494 e. The summed E-state index contributed by atoms with van der Waals surface area (Å²) in [5.74, 6) is 0.760. The lowest BCUT2D eigenvalue weighted by atomic mass is 9.99. The second-order valence-electron chi connectivity index (χ2n) is 8.27. The van der Waals surface area contributed by atoms with E-state index in [1.165, 1.54) is 38.8 Å². The van der Waals surface area contributed by atoms with E-state index < -0.39 is 5.60 Å². The highest BCUT2D eigenvalue weighted by Gasteiger charge is 2.33. The van der Waals surface area contributed by atoms with Crippen LogP contribution >= 0.6 is 0 Å². The van der Waals surface area contributed by atoms with E-state index in [2.05, 4.69) is 24.1 Å². The highest BCUT2D eigenvalue weighted by atomic mass is 16.5. The molecular formula is C24H40N2O3. The molecule has 5 heteroatoms. The third-order valence-electron chi connectivity index (χ3n) is 5.53. The Bertz CT molecular complexity index is 582. The number of hydrogen-bond acceptors (Lipinski definition) is 4. The van der Waals surface area contributed by atoms with Gasteiger partial charge < -0.3 is 19.7 Å². The quantitative estimate of drug-likeness (QED) is 0.483. The van der Waals surface area contributed by atoms with Gasteiger partial charge in [-0.2, -0.15) is 0 Å². The summed E-state index contributed by atoms with van der Waals surface area (Å²) < 4.78 is 11.7. The van der Waals surface area contributed by atoms with E-state index in [0.717, 1.165) is 43.9 Å². The second-order valence-corrected chi connectivity index (χ2v) is 8.27. The fourth-order valence-corrected chi connectivity index (χ4v) is 3.79. The first-order chi connectivity index (χ1) is 14.1. The second kappa shape index (κ2) is 12.9. The molecule has 1 heterocycles. The number of hydrogen-bond donors (Lipinski definition) is 1. The maximum Gasteiger partial charge on any atom is 0.256 e. The number of amides is 1. The molecule has 0 aromatic heterocycles. The van der Waals surface area contributed by atoms with Crippen LogP contribution in [-0.2, 0) is 9.53 Å². The number of nitrogens with one attached hydrogen (secondary N) is 1. The summed E-state index contributed by atoms with van der Waals surface area (Å²) in [6.45, 7) is 10.9. The molecule has 1 fully saturated rings. The van der Waals surface area contributed by atoms with Gasteiger partial charge in [-0.05, 0) is 76.4 Å². The summed E-state index contributed by atoms with van der Waals surface area (Å²) in [6, 6.07) is 7.64. The molecule has 0 radical (unpaired) electrons. The zero-order chi connectivity index (χ0) is 21.0. The van der Waals surface area contributed by atoms with Gasteiger partial charge in [0.05, 0.1) is 6.61 Å². The summed E-state index contributed by atoms with van der Waals surface area (Å²) in [4.78, 5) is 15.3. The number of likely N-dealkylation sites (tertiary alicyclic amines) is 1. The Morgan fingerprint density at radius 3 is 2.34 bits per heavy atom. The van der Waals surface area contributed by atoms with Crippen LogP contribution < -0.4 is 10.1 Å². The molecule has 0 saturated carbocycles. The Kier molecular flexibility index (Phi) is 10.5. The first kappa shape index (κ1) is 23.7. The van der Waals surface area contributed by atoms with Crippen LogP contribution in [0.3, 0.4) is 0 Å². The molecule has 1 N–H and O–H groups in total. The van der Waals surface area contributed by atoms with Gasteiger partial charge in [-0.25, -0.2) is 0 Å². The average molecular weight is 405 g/mol. The molecule has 1 aromatic carbocycles. The van der Waals surface area contributed by atoms with Gasteiger partial charge in [0.25, 0.3) is 5.91 Å². The molecule has 1 aliphatic heterocycles. The van der Waals surface area contributed by atoms with Crippen molar-refractivity contribution in [3.05, 3.63) is 24.3 Å². The predicted octanol–water partition coefficient (Wildman–Crippen LogP) is 5.26. The van der Waals surface area contributed by atoms with Crippen LogP contribution in [0, 0.1) is 0 Å². The van der Waals surface area contributed by atoms with Crippen molar-refractivity contribution in [3.63, 3.8) is 0 Å². The Morgan fingerprint density at radius 1 is 1.03 bits per heavy atom. The van der Waals surface area contributed by atoms with Gasteiger partial charge in [0.1, 0.15) is 11.4 Å². The fraction of sp³-hybridized carbons (Fsp3) is 0.708. The number of carbonyl (C=O) groups is 1. The van der Waals surface area contributed by atoms with E-state index >= 15 is 0 Å². The zero-order valence-electron chi connectivity index (χ0n) is 18.7. The van der Waals surface area contributed by atoms with E-state index in [9.17, 15) is 4.79 Å². The summed E-state index contributed by atoms with van der Waals surface area (Å²) in [5, 5.41) is 2.99. The van der Waals surface area contributed by atoms with E-state index in [1.54, 1.807) is 0 Å². The number of ether oxygens (including phenoxy) is 2. The normalized spacial score (nSPS) is 17.3. The first-order valence-electron chi connectivity index (χ1n) is 11.5. The lowest BCUT2D eigenvalue weighted by molar-refractivity contribution is -0.140.